The highest BCUT2D eigenvalue weighted by Crippen LogP contribution is 2.29. The van der Waals surface area contributed by atoms with E-state index in [0.29, 0.717) is 17.9 Å². The summed E-state index contributed by atoms with van der Waals surface area (Å²) >= 11 is 3.36. The fourth-order valence-corrected chi connectivity index (χ4v) is 2.26. The molecule has 21 heavy (non-hydrogen) atoms. The molecule has 0 saturated heterocycles. The number of hydrogen-bond acceptors (Lipinski definition) is 3. The minimum absolute atomic E-state index is 0.243. The average molecular weight is 351 g/mol. The summed E-state index contributed by atoms with van der Waals surface area (Å²) in [7, 11) is 0. The van der Waals surface area contributed by atoms with E-state index in [9.17, 15) is 9.90 Å². The first-order valence-electron chi connectivity index (χ1n) is 6.40. The molecule has 4 nitrogen and oxygen atoms in total. The Balaban J connectivity index is 2.11. The lowest BCUT2D eigenvalue weighted by atomic mass is 10.1. The summed E-state index contributed by atoms with van der Waals surface area (Å²) in [4.78, 5) is 10.8. The van der Waals surface area contributed by atoms with Gasteiger partial charge in [-0.2, -0.15) is 0 Å². The minimum atomic E-state index is -0.952. The van der Waals surface area contributed by atoms with Crippen LogP contribution >= 0.6 is 15.9 Å². The molecule has 0 aliphatic carbocycles. The lowest BCUT2D eigenvalue weighted by Crippen LogP contribution is -2.02. The van der Waals surface area contributed by atoms with Crippen LogP contribution in [0.2, 0.25) is 0 Å². The molecule has 0 aliphatic rings. The van der Waals surface area contributed by atoms with Gasteiger partial charge in [-0.25, -0.2) is 4.79 Å². The van der Waals surface area contributed by atoms with Crippen LogP contribution in [0.15, 0.2) is 46.9 Å². The molecule has 0 aliphatic heterocycles. The molecule has 0 radical (unpaired) electrons. The molecule has 0 saturated carbocycles. The van der Waals surface area contributed by atoms with Gasteiger partial charge in [0.25, 0.3) is 0 Å². The molecular formula is C16H15BrO4. The van der Waals surface area contributed by atoms with Crippen LogP contribution in [0, 0.1) is 0 Å². The predicted molar refractivity (Wildman–Crippen MR) is 82.5 cm³/mol. The number of benzene rings is 2. The maximum Gasteiger partial charge on any atom is 0.335 e. The van der Waals surface area contributed by atoms with E-state index in [1.165, 1.54) is 12.1 Å². The van der Waals surface area contributed by atoms with Gasteiger partial charge in [0.15, 0.2) is 0 Å². The van der Waals surface area contributed by atoms with Crippen LogP contribution in [0.5, 0.6) is 5.75 Å². The van der Waals surface area contributed by atoms with Crippen molar-refractivity contribution in [1.82, 2.24) is 0 Å². The van der Waals surface area contributed by atoms with Gasteiger partial charge in [0, 0.05) is 10.0 Å². The topological polar surface area (TPSA) is 66.8 Å². The lowest BCUT2D eigenvalue weighted by Gasteiger charge is -2.14. The van der Waals surface area contributed by atoms with Crippen LogP contribution in [0.1, 0.15) is 34.5 Å². The van der Waals surface area contributed by atoms with Gasteiger partial charge in [0.1, 0.15) is 12.4 Å². The molecule has 0 unspecified atom stereocenters. The first kappa shape index (κ1) is 15.5. The standard InChI is InChI=1S/C16H15BrO4/c1-10(18)14-8-13(17)6-7-15(14)21-9-11-2-4-12(5-3-11)16(19)20/h2-8,10,18H,9H2,1H3,(H,19,20)/t10-/m0/s1. The van der Waals surface area contributed by atoms with Crippen molar-refractivity contribution >= 4 is 21.9 Å². The molecule has 1 atom stereocenters. The van der Waals surface area contributed by atoms with Crippen LogP contribution in [0.4, 0.5) is 0 Å². The fraction of sp³-hybridized carbons (Fsp3) is 0.188. The Morgan fingerprint density at radius 3 is 2.48 bits per heavy atom. The van der Waals surface area contributed by atoms with E-state index in [4.69, 9.17) is 9.84 Å². The van der Waals surface area contributed by atoms with Gasteiger partial charge < -0.3 is 14.9 Å². The van der Waals surface area contributed by atoms with Crippen LogP contribution in [-0.4, -0.2) is 16.2 Å². The zero-order chi connectivity index (χ0) is 15.4. The van der Waals surface area contributed by atoms with Crippen LogP contribution in [-0.2, 0) is 6.61 Å². The molecular weight excluding hydrogens is 336 g/mol. The van der Waals surface area contributed by atoms with Crippen molar-refractivity contribution in [3.8, 4) is 5.75 Å². The number of carboxylic acid groups (broad SMARTS) is 1. The molecule has 110 valence electrons. The first-order valence-corrected chi connectivity index (χ1v) is 7.19. The second kappa shape index (κ2) is 6.74. The summed E-state index contributed by atoms with van der Waals surface area (Å²) in [5.41, 5.74) is 1.80. The predicted octanol–water partition coefficient (Wildman–Crippen LogP) is 3.78. The highest BCUT2D eigenvalue weighted by Gasteiger charge is 2.10. The van der Waals surface area contributed by atoms with Crippen molar-refractivity contribution in [3.05, 3.63) is 63.6 Å². The van der Waals surface area contributed by atoms with Gasteiger partial charge in [0.2, 0.25) is 0 Å². The van der Waals surface area contributed by atoms with Gasteiger partial charge >= 0.3 is 5.97 Å². The van der Waals surface area contributed by atoms with Gasteiger partial charge in [-0.1, -0.05) is 28.1 Å². The smallest absolute Gasteiger partial charge is 0.335 e. The molecule has 5 heteroatoms. The molecule has 2 N–H and O–H groups in total. The summed E-state index contributed by atoms with van der Waals surface area (Å²) in [6.45, 7) is 1.98. The van der Waals surface area contributed by atoms with Crippen LogP contribution in [0.3, 0.4) is 0 Å². The Morgan fingerprint density at radius 2 is 1.90 bits per heavy atom. The molecule has 0 amide bonds. The molecule has 0 spiro atoms. The Hall–Kier alpha value is -1.85. The molecule has 2 aromatic carbocycles. The van der Waals surface area contributed by atoms with E-state index in [2.05, 4.69) is 15.9 Å². The largest absolute Gasteiger partial charge is 0.489 e. The summed E-state index contributed by atoms with van der Waals surface area (Å²) in [6, 6.07) is 11.9. The molecule has 2 rings (SSSR count). The molecule has 0 fully saturated rings. The van der Waals surface area contributed by atoms with Gasteiger partial charge in [-0.05, 0) is 42.8 Å². The summed E-state index contributed by atoms with van der Waals surface area (Å²) in [5, 5.41) is 18.6. The van der Waals surface area contributed by atoms with Crippen LogP contribution < -0.4 is 4.74 Å². The highest BCUT2D eigenvalue weighted by molar-refractivity contribution is 9.10. The maximum atomic E-state index is 10.8. The van der Waals surface area contributed by atoms with Crippen molar-refractivity contribution in [1.29, 1.82) is 0 Å². The number of halogens is 1. The monoisotopic (exact) mass is 350 g/mol. The minimum Gasteiger partial charge on any atom is -0.489 e. The number of carbonyl (C=O) groups is 1. The number of carboxylic acids is 1. The van der Waals surface area contributed by atoms with Crippen molar-refractivity contribution in [2.24, 2.45) is 0 Å². The van der Waals surface area contributed by atoms with E-state index < -0.39 is 12.1 Å². The Morgan fingerprint density at radius 1 is 1.24 bits per heavy atom. The van der Waals surface area contributed by atoms with Crippen molar-refractivity contribution in [2.45, 2.75) is 19.6 Å². The number of aliphatic hydroxyl groups excluding tert-OH is 1. The van der Waals surface area contributed by atoms with Gasteiger partial charge in [0.05, 0.1) is 11.7 Å². The van der Waals surface area contributed by atoms with E-state index >= 15 is 0 Å². The molecule has 0 aromatic heterocycles. The maximum absolute atomic E-state index is 10.8. The Labute approximate surface area is 131 Å². The van der Waals surface area contributed by atoms with Gasteiger partial charge in [-0.15, -0.1) is 0 Å². The number of hydrogen-bond donors (Lipinski definition) is 2. The Kier molecular flexibility index (Phi) is 4.98. The normalized spacial score (nSPS) is 12.0. The highest BCUT2D eigenvalue weighted by atomic mass is 79.9. The number of aromatic carboxylic acids is 1. The quantitative estimate of drug-likeness (QED) is 0.860. The average Bonchev–Trinajstić information content (AvgIpc) is 2.46. The van der Waals surface area contributed by atoms with Crippen molar-refractivity contribution in [3.63, 3.8) is 0 Å². The summed E-state index contributed by atoms with van der Waals surface area (Å²) in [6.07, 6.45) is -0.633. The van der Waals surface area contributed by atoms with E-state index in [-0.39, 0.29) is 5.56 Å². The number of rotatable bonds is 5. The third kappa shape index (κ3) is 4.06. The third-order valence-electron chi connectivity index (χ3n) is 3.02. The lowest BCUT2D eigenvalue weighted by molar-refractivity contribution is 0.0697. The third-order valence-corrected chi connectivity index (χ3v) is 3.51. The van der Waals surface area contributed by atoms with E-state index in [1.54, 1.807) is 25.1 Å². The zero-order valence-electron chi connectivity index (χ0n) is 11.4. The summed E-state index contributed by atoms with van der Waals surface area (Å²) < 4.78 is 6.58. The van der Waals surface area contributed by atoms with Crippen LogP contribution in [0.25, 0.3) is 0 Å². The Bertz CT molecular complexity index is 635. The molecule has 0 heterocycles. The SMILES string of the molecule is C[C@H](O)c1cc(Br)ccc1OCc1ccc(C(=O)O)cc1. The van der Waals surface area contributed by atoms with Gasteiger partial charge in [-0.3, -0.25) is 0 Å². The number of aliphatic hydroxyl groups is 1. The van der Waals surface area contributed by atoms with E-state index in [0.717, 1.165) is 10.0 Å². The molecule has 2 aromatic rings. The van der Waals surface area contributed by atoms with Crippen molar-refractivity contribution < 1.29 is 19.7 Å². The number of ether oxygens (including phenoxy) is 1. The first-order chi connectivity index (χ1) is 9.97. The second-order valence-corrected chi connectivity index (χ2v) is 5.56. The molecule has 0 bridgehead atoms. The zero-order valence-corrected chi connectivity index (χ0v) is 13.0. The van der Waals surface area contributed by atoms with Crippen molar-refractivity contribution in [2.75, 3.05) is 0 Å². The van der Waals surface area contributed by atoms with E-state index in [1.807, 2.05) is 12.1 Å². The summed E-state index contributed by atoms with van der Waals surface area (Å²) in [5.74, 6) is -0.345. The fourth-order valence-electron chi connectivity index (χ4n) is 1.88. The second-order valence-electron chi connectivity index (χ2n) is 4.65.